The first kappa shape index (κ1) is 14.5. The van der Waals surface area contributed by atoms with Gasteiger partial charge in [0.1, 0.15) is 0 Å². The summed E-state index contributed by atoms with van der Waals surface area (Å²) < 4.78 is 26.9. The molecule has 0 radical (unpaired) electrons. The number of methoxy groups -OCH3 is 1. The molecule has 0 aromatic heterocycles. The van der Waals surface area contributed by atoms with Crippen molar-refractivity contribution in [3.8, 4) is 0 Å². The fraction of sp³-hybridized carbons (Fsp3) is 0.333. The predicted octanol–water partition coefficient (Wildman–Crippen LogP) is -0.140. The lowest BCUT2D eigenvalue weighted by Gasteiger charge is -2.16. The zero-order valence-electron chi connectivity index (χ0n) is 10.8. The van der Waals surface area contributed by atoms with E-state index in [1.807, 2.05) is 0 Å². The molecule has 0 aliphatic carbocycles. The molecule has 2 N–H and O–H groups in total. The molecule has 1 aromatic carbocycles. The highest BCUT2D eigenvalue weighted by Crippen LogP contribution is 2.26. The minimum atomic E-state index is -3.76. The van der Waals surface area contributed by atoms with Gasteiger partial charge in [0.05, 0.1) is 17.9 Å². The number of primary sulfonamides is 1. The summed E-state index contributed by atoms with van der Waals surface area (Å²) in [6.45, 7) is 0.222. The van der Waals surface area contributed by atoms with Gasteiger partial charge in [0.2, 0.25) is 15.9 Å². The maximum Gasteiger partial charge on any atom is 0.311 e. The highest BCUT2D eigenvalue weighted by molar-refractivity contribution is 7.89. The summed E-state index contributed by atoms with van der Waals surface area (Å²) in [5, 5.41) is 5.00. The van der Waals surface area contributed by atoms with Crippen LogP contribution in [0.4, 0.5) is 5.69 Å². The highest BCUT2D eigenvalue weighted by Gasteiger charge is 2.35. The molecule has 1 saturated heterocycles. The molecule has 20 heavy (non-hydrogen) atoms. The third-order valence-corrected chi connectivity index (χ3v) is 4.07. The molecule has 0 spiro atoms. The molecule has 108 valence electrons. The van der Waals surface area contributed by atoms with Gasteiger partial charge in [-0.1, -0.05) is 0 Å². The Labute approximate surface area is 116 Å². The average molecular weight is 298 g/mol. The third kappa shape index (κ3) is 2.81. The standard InChI is InChI=1S/C12H14N2O5S/c1-19-12(16)8-6-11(15)14(7-8)9-2-4-10(5-3-9)20(13,17)18/h2-5,8H,6-7H2,1H3,(H2,13,17,18). The molecule has 0 saturated carbocycles. The molecule has 7 nitrogen and oxygen atoms in total. The summed E-state index contributed by atoms with van der Waals surface area (Å²) in [6, 6.07) is 5.61. The second-order valence-electron chi connectivity index (χ2n) is 4.47. The lowest BCUT2D eigenvalue weighted by molar-refractivity contribution is -0.145. The van der Waals surface area contributed by atoms with Crippen molar-refractivity contribution in [1.82, 2.24) is 0 Å². The molecule has 1 aromatic rings. The molecule has 1 aliphatic rings. The number of hydrogen-bond acceptors (Lipinski definition) is 5. The van der Waals surface area contributed by atoms with Crippen LogP contribution in [0.15, 0.2) is 29.2 Å². The van der Waals surface area contributed by atoms with Crippen LogP contribution in [0.3, 0.4) is 0 Å². The van der Waals surface area contributed by atoms with Gasteiger partial charge >= 0.3 is 5.97 Å². The molecule has 1 fully saturated rings. The van der Waals surface area contributed by atoms with Crippen molar-refractivity contribution < 1.29 is 22.7 Å². The van der Waals surface area contributed by atoms with Crippen molar-refractivity contribution in [1.29, 1.82) is 0 Å². The molecule has 8 heteroatoms. The molecular formula is C12H14N2O5S. The van der Waals surface area contributed by atoms with Crippen molar-refractivity contribution in [2.75, 3.05) is 18.6 Å². The van der Waals surface area contributed by atoms with Crippen molar-refractivity contribution in [2.24, 2.45) is 11.1 Å². The normalized spacial score (nSPS) is 19.2. The molecule has 1 unspecified atom stereocenters. The molecule has 1 atom stereocenters. The molecule has 0 bridgehead atoms. The SMILES string of the molecule is COC(=O)C1CC(=O)N(c2ccc(S(N)(=O)=O)cc2)C1. The van der Waals surface area contributed by atoms with E-state index in [-0.39, 0.29) is 23.8 Å². The zero-order valence-corrected chi connectivity index (χ0v) is 11.6. The monoisotopic (exact) mass is 298 g/mol. The van der Waals surface area contributed by atoms with Gasteiger partial charge in [-0.05, 0) is 24.3 Å². The Bertz CT molecular complexity index is 638. The number of nitrogens with zero attached hydrogens (tertiary/aromatic N) is 1. The van der Waals surface area contributed by atoms with E-state index in [1.54, 1.807) is 0 Å². The van der Waals surface area contributed by atoms with Gasteiger partial charge in [-0.15, -0.1) is 0 Å². The number of sulfonamides is 1. The van der Waals surface area contributed by atoms with E-state index in [9.17, 15) is 18.0 Å². The van der Waals surface area contributed by atoms with Crippen molar-refractivity contribution in [3.63, 3.8) is 0 Å². The van der Waals surface area contributed by atoms with Crippen LogP contribution in [-0.4, -0.2) is 33.9 Å². The number of ether oxygens (including phenoxy) is 1. The smallest absolute Gasteiger partial charge is 0.311 e. The highest BCUT2D eigenvalue weighted by atomic mass is 32.2. The molecule has 1 aliphatic heterocycles. The zero-order chi connectivity index (χ0) is 14.9. The number of esters is 1. The lowest BCUT2D eigenvalue weighted by atomic mass is 10.1. The number of carbonyl (C=O) groups excluding carboxylic acids is 2. The second kappa shape index (κ2) is 5.22. The number of carbonyl (C=O) groups is 2. The Balaban J connectivity index is 2.21. The Morgan fingerprint density at radius 2 is 1.95 bits per heavy atom. The van der Waals surface area contributed by atoms with E-state index in [4.69, 9.17) is 5.14 Å². The summed E-state index contributed by atoms with van der Waals surface area (Å²) >= 11 is 0. The fourth-order valence-electron chi connectivity index (χ4n) is 2.10. The van der Waals surface area contributed by atoms with Crippen LogP contribution in [0.2, 0.25) is 0 Å². The van der Waals surface area contributed by atoms with Crippen molar-refractivity contribution >= 4 is 27.6 Å². The summed E-state index contributed by atoms with van der Waals surface area (Å²) in [7, 11) is -2.49. The van der Waals surface area contributed by atoms with Gasteiger partial charge in [0.25, 0.3) is 0 Å². The number of amides is 1. The van der Waals surface area contributed by atoms with E-state index in [2.05, 4.69) is 4.74 Å². The first-order valence-electron chi connectivity index (χ1n) is 5.84. The maximum absolute atomic E-state index is 11.9. The maximum atomic E-state index is 11.9. The van der Waals surface area contributed by atoms with Crippen molar-refractivity contribution in [3.05, 3.63) is 24.3 Å². The fourth-order valence-corrected chi connectivity index (χ4v) is 2.61. The van der Waals surface area contributed by atoms with Gasteiger partial charge in [-0.2, -0.15) is 0 Å². The van der Waals surface area contributed by atoms with E-state index in [0.29, 0.717) is 5.69 Å². The molecule has 1 heterocycles. The van der Waals surface area contributed by atoms with Crippen LogP contribution in [0.1, 0.15) is 6.42 Å². The van der Waals surface area contributed by atoms with Gasteiger partial charge in [-0.3, -0.25) is 9.59 Å². The van der Waals surface area contributed by atoms with E-state index in [0.717, 1.165) is 0 Å². The number of rotatable bonds is 3. The first-order valence-corrected chi connectivity index (χ1v) is 7.38. The summed E-state index contributed by atoms with van der Waals surface area (Å²) in [6.07, 6.45) is 0.0869. The number of nitrogens with two attached hydrogens (primary N) is 1. The Hall–Kier alpha value is -1.93. The summed E-state index contributed by atoms with van der Waals surface area (Å²) in [4.78, 5) is 24.7. The van der Waals surface area contributed by atoms with E-state index in [1.165, 1.54) is 36.3 Å². The lowest BCUT2D eigenvalue weighted by Crippen LogP contribution is -2.26. The molecule has 1 amide bonds. The third-order valence-electron chi connectivity index (χ3n) is 3.14. The molecular weight excluding hydrogens is 284 g/mol. The summed E-state index contributed by atoms with van der Waals surface area (Å²) in [5.41, 5.74) is 0.522. The Morgan fingerprint density at radius 1 is 1.35 bits per heavy atom. The average Bonchev–Trinajstić information content (AvgIpc) is 2.79. The van der Waals surface area contributed by atoms with Gasteiger partial charge in [0, 0.05) is 18.7 Å². The van der Waals surface area contributed by atoms with E-state index < -0.39 is 21.9 Å². The quantitative estimate of drug-likeness (QED) is 0.782. The topological polar surface area (TPSA) is 107 Å². The van der Waals surface area contributed by atoms with Crippen LogP contribution < -0.4 is 10.0 Å². The minimum Gasteiger partial charge on any atom is -0.469 e. The van der Waals surface area contributed by atoms with Crippen LogP contribution in [0.5, 0.6) is 0 Å². The van der Waals surface area contributed by atoms with Gasteiger partial charge < -0.3 is 9.64 Å². The Kier molecular flexibility index (Phi) is 3.78. The number of benzene rings is 1. The predicted molar refractivity (Wildman–Crippen MR) is 70.3 cm³/mol. The minimum absolute atomic E-state index is 0.0302. The van der Waals surface area contributed by atoms with Crippen LogP contribution in [-0.2, 0) is 24.3 Å². The first-order chi connectivity index (χ1) is 9.32. The molecule has 2 rings (SSSR count). The van der Waals surface area contributed by atoms with E-state index >= 15 is 0 Å². The van der Waals surface area contributed by atoms with Gasteiger partial charge in [-0.25, -0.2) is 13.6 Å². The second-order valence-corrected chi connectivity index (χ2v) is 6.03. The largest absolute Gasteiger partial charge is 0.469 e. The summed E-state index contributed by atoms with van der Waals surface area (Å²) in [5.74, 6) is -1.13. The van der Waals surface area contributed by atoms with Crippen LogP contribution >= 0.6 is 0 Å². The van der Waals surface area contributed by atoms with Crippen molar-refractivity contribution in [2.45, 2.75) is 11.3 Å². The van der Waals surface area contributed by atoms with Crippen LogP contribution in [0.25, 0.3) is 0 Å². The number of hydrogen-bond donors (Lipinski definition) is 1. The number of anilines is 1. The van der Waals surface area contributed by atoms with Gasteiger partial charge in [0.15, 0.2) is 0 Å². The Morgan fingerprint density at radius 3 is 2.45 bits per heavy atom. The van der Waals surface area contributed by atoms with Crippen LogP contribution in [0, 0.1) is 5.92 Å².